The van der Waals surface area contributed by atoms with Gasteiger partial charge >= 0.3 is 0 Å². The molecule has 0 aliphatic carbocycles. The second-order valence-electron chi connectivity index (χ2n) is 2.37. The lowest BCUT2D eigenvalue weighted by Crippen LogP contribution is -2.21. The average molecular weight is 238 g/mol. The normalized spacial score (nSPS) is 8.07. The van der Waals surface area contributed by atoms with E-state index in [0.29, 0.717) is 11.4 Å². The molecular weight excluding hydrogens is 225 g/mol. The molecule has 0 atom stereocenters. The fourth-order valence-electron chi connectivity index (χ4n) is 0.778. The molecule has 0 saturated heterocycles. The first-order chi connectivity index (χ1) is 5.72. The Labute approximate surface area is 94.9 Å². The molecule has 1 amide bonds. The summed E-state index contributed by atoms with van der Waals surface area (Å²) in [6.07, 6.45) is 0. The van der Waals surface area contributed by atoms with Crippen LogP contribution in [0.3, 0.4) is 0 Å². The maximum atomic E-state index is 10.8. The van der Waals surface area contributed by atoms with Gasteiger partial charge in [-0.2, -0.15) is 0 Å². The molecule has 1 aromatic rings. The molecule has 6 heteroatoms. The monoisotopic (exact) mass is 237 g/mol. The first-order valence-electron chi connectivity index (χ1n) is 3.58. The minimum absolute atomic E-state index is 0. The smallest absolute Gasteiger partial charge is 0.238 e. The van der Waals surface area contributed by atoms with E-state index in [-0.39, 0.29) is 37.3 Å². The van der Waals surface area contributed by atoms with Crippen molar-refractivity contribution in [1.29, 1.82) is 0 Å². The zero-order chi connectivity index (χ0) is 8.97. The SMILES string of the molecule is Cl.Cl.NCC(=O)Nc1ccc(N)cc1. The van der Waals surface area contributed by atoms with Crippen molar-refractivity contribution < 1.29 is 4.79 Å². The van der Waals surface area contributed by atoms with Crippen LogP contribution in [0.2, 0.25) is 0 Å². The molecule has 1 rings (SSSR count). The van der Waals surface area contributed by atoms with E-state index in [4.69, 9.17) is 11.5 Å². The number of hydrogen-bond acceptors (Lipinski definition) is 3. The van der Waals surface area contributed by atoms with Crippen LogP contribution in [0.25, 0.3) is 0 Å². The van der Waals surface area contributed by atoms with Crippen molar-refractivity contribution in [3.8, 4) is 0 Å². The Morgan fingerprint density at radius 3 is 2.14 bits per heavy atom. The number of carbonyl (C=O) groups is 1. The quantitative estimate of drug-likeness (QED) is 0.672. The van der Waals surface area contributed by atoms with Crippen LogP contribution in [0.5, 0.6) is 0 Å². The molecule has 5 N–H and O–H groups in total. The molecule has 0 fully saturated rings. The third kappa shape index (κ3) is 4.91. The molecule has 0 aliphatic heterocycles. The first kappa shape index (κ1) is 15.5. The summed E-state index contributed by atoms with van der Waals surface area (Å²) in [4.78, 5) is 10.8. The average Bonchev–Trinajstić information content (AvgIpc) is 2.09. The number of nitrogens with two attached hydrogens (primary N) is 2. The number of nitrogens with one attached hydrogen (secondary N) is 1. The highest BCUT2D eigenvalue weighted by Crippen LogP contribution is 2.09. The summed E-state index contributed by atoms with van der Waals surface area (Å²) in [7, 11) is 0. The lowest BCUT2D eigenvalue weighted by Gasteiger charge is -2.02. The minimum atomic E-state index is -0.209. The van der Waals surface area contributed by atoms with Gasteiger partial charge in [0.1, 0.15) is 0 Å². The van der Waals surface area contributed by atoms with Crippen LogP contribution < -0.4 is 16.8 Å². The molecule has 0 saturated carbocycles. The molecule has 1 aromatic carbocycles. The number of rotatable bonds is 2. The number of carbonyl (C=O) groups excluding carboxylic acids is 1. The van der Waals surface area contributed by atoms with Gasteiger partial charge in [0, 0.05) is 11.4 Å². The topological polar surface area (TPSA) is 81.1 Å². The highest BCUT2D eigenvalue weighted by molar-refractivity contribution is 5.92. The van der Waals surface area contributed by atoms with Gasteiger partial charge in [-0.25, -0.2) is 0 Å². The summed E-state index contributed by atoms with van der Waals surface area (Å²) in [6.45, 7) is -0.00955. The molecule has 0 radical (unpaired) electrons. The van der Waals surface area contributed by atoms with Crippen molar-refractivity contribution in [2.24, 2.45) is 5.73 Å². The zero-order valence-corrected chi connectivity index (χ0v) is 9.03. The zero-order valence-electron chi connectivity index (χ0n) is 7.40. The van der Waals surface area contributed by atoms with Crippen molar-refractivity contribution in [3.05, 3.63) is 24.3 Å². The largest absolute Gasteiger partial charge is 0.399 e. The van der Waals surface area contributed by atoms with Crippen LogP contribution in [0.4, 0.5) is 11.4 Å². The number of anilines is 2. The van der Waals surface area contributed by atoms with E-state index in [1.165, 1.54) is 0 Å². The Kier molecular flexibility index (Phi) is 8.23. The van der Waals surface area contributed by atoms with Gasteiger partial charge in [0.15, 0.2) is 0 Å². The standard InChI is InChI=1S/C8H11N3O.2ClH/c9-5-8(12)11-7-3-1-6(10)2-4-7;;/h1-4H,5,9-10H2,(H,11,12);2*1H. The summed E-state index contributed by atoms with van der Waals surface area (Å²) >= 11 is 0. The summed E-state index contributed by atoms with van der Waals surface area (Å²) < 4.78 is 0. The van der Waals surface area contributed by atoms with Crippen molar-refractivity contribution in [1.82, 2.24) is 0 Å². The van der Waals surface area contributed by atoms with Crippen LogP contribution in [0.15, 0.2) is 24.3 Å². The number of benzene rings is 1. The van der Waals surface area contributed by atoms with Crippen molar-refractivity contribution >= 4 is 42.1 Å². The highest BCUT2D eigenvalue weighted by atomic mass is 35.5. The molecule has 14 heavy (non-hydrogen) atoms. The Morgan fingerprint density at radius 1 is 1.21 bits per heavy atom. The Morgan fingerprint density at radius 2 is 1.71 bits per heavy atom. The third-order valence-electron chi connectivity index (χ3n) is 1.38. The maximum absolute atomic E-state index is 10.8. The highest BCUT2D eigenvalue weighted by Gasteiger charge is 1.96. The second-order valence-corrected chi connectivity index (χ2v) is 2.37. The van der Waals surface area contributed by atoms with Gasteiger partial charge in [-0.05, 0) is 24.3 Å². The van der Waals surface area contributed by atoms with E-state index in [1.54, 1.807) is 24.3 Å². The molecule has 0 spiro atoms. The number of hydrogen-bond donors (Lipinski definition) is 3. The predicted octanol–water partition coefficient (Wildman–Crippen LogP) is 1.01. The van der Waals surface area contributed by atoms with Crippen molar-refractivity contribution in [3.63, 3.8) is 0 Å². The summed E-state index contributed by atoms with van der Waals surface area (Å²) in [5, 5.41) is 2.60. The van der Waals surface area contributed by atoms with Crippen LogP contribution in [-0.2, 0) is 4.79 Å². The molecule has 0 unspecified atom stereocenters. The lowest BCUT2D eigenvalue weighted by molar-refractivity contribution is -0.114. The van der Waals surface area contributed by atoms with E-state index < -0.39 is 0 Å². The van der Waals surface area contributed by atoms with Crippen molar-refractivity contribution in [2.75, 3.05) is 17.6 Å². The number of nitrogen functional groups attached to an aromatic ring is 1. The molecule has 4 nitrogen and oxygen atoms in total. The second kappa shape index (κ2) is 7.44. The first-order valence-corrected chi connectivity index (χ1v) is 3.58. The van der Waals surface area contributed by atoms with Crippen LogP contribution in [-0.4, -0.2) is 12.5 Å². The third-order valence-corrected chi connectivity index (χ3v) is 1.38. The van der Waals surface area contributed by atoms with Gasteiger partial charge in [-0.3, -0.25) is 4.79 Å². The fraction of sp³-hybridized carbons (Fsp3) is 0.125. The maximum Gasteiger partial charge on any atom is 0.238 e. The fourth-order valence-corrected chi connectivity index (χ4v) is 0.778. The number of halogens is 2. The van der Waals surface area contributed by atoms with Crippen LogP contribution >= 0.6 is 24.8 Å². The van der Waals surface area contributed by atoms with E-state index in [9.17, 15) is 4.79 Å². The molecule has 80 valence electrons. The Balaban J connectivity index is 0. The van der Waals surface area contributed by atoms with Crippen molar-refractivity contribution in [2.45, 2.75) is 0 Å². The van der Waals surface area contributed by atoms with Crippen LogP contribution in [0, 0.1) is 0 Å². The van der Waals surface area contributed by atoms with Gasteiger partial charge < -0.3 is 16.8 Å². The van der Waals surface area contributed by atoms with E-state index in [2.05, 4.69) is 5.32 Å². The summed E-state index contributed by atoms with van der Waals surface area (Å²) in [6, 6.07) is 6.88. The molecule has 0 heterocycles. The summed E-state index contributed by atoms with van der Waals surface area (Å²) in [5.41, 5.74) is 11.9. The lowest BCUT2D eigenvalue weighted by atomic mass is 10.3. The van der Waals surface area contributed by atoms with Crippen LogP contribution in [0.1, 0.15) is 0 Å². The molecule has 0 aromatic heterocycles. The Hall–Kier alpha value is -0.970. The number of amides is 1. The van der Waals surface area contributed by atoms with E-state index >= 15 is 0 Å². The van der Waals surface area contributed by atoms with Gasteiger partial charge in [0.2, 0.25) is 5.91 Å². The van der Waals surface area contributed by atoms with Gasteiger partial charge in [-0.1, -0.05) is 0 Å². The van der Waals surface area contributed by atoms with Gasteiger partial charge in [0.25, 0.3) is 0 Å². The minimum Gasteiger partial charge on any atom is -0.399 e. The molecule has 0 bridgehead atoms. The summed E-state index contributed by atoms with van der Waals surface area (Å²) in [5.74, 6) is -0.209. The predicted molar refractivity (Wildman–Crippen MR) is 63.0 cm³/mol. The van der Waals surface area contributed by atoms with Gasteiger partial charge in [0.05, 0.1) is 6.54 Å². The van der Waals surface area contributed by atoms with E-state index in [0.717, 1.165) is 0 Å². The van der Waals surface area contributed by atoms with E-state index in [1.807, 2.05) is 0 Å². The molecular formula is C8H13Cl2N3O. The molecule has 0 aliphatic rings. The Bertz CT molecular complexity index is 276. The van der Waals surface area contributed by atoms with Gasteiger partial charge in [-0.15, -0.1) is 24.8 Å².